The maximum Gasteiger partial charge on any atom is 0.145 e. The van der Waals surface area contributed by atoms with Crippen LogP contribution in [0.2, 0.25) is 0 Å². The van der Waals surface area contributed by atoms with Gasteiger partial charge >= 0.3 is 0 Å². The van der Waals surface area contributed by atoms with Crippen molar-refractivity contribution in [3.8, 4) is 11.8 Å². The second kappa shape index (κ2) is 5.37. The summed E-state index contributed by atoms with van der Waals surface area (Å²) in [6.45, 7) is 3.44. The van der Waals surface area contributed by atoms with E-state index in [4.69, 9.17) is 10.5 Å². The summed E-state index contributed by atoms with van der Waals surface area (Å²) in [6, 6.07) is 15.6. The lowest BCUT2D eigenvalue weighted by Gasteiger charge is -2.36. The second-order valence-electron chi connectivity index (χ2n) is 5.27. The molecule has 1 aliphatic heterocycles. The molecule has 0 bridgehead atoms. The summed E-state index contributed by atoms with van der Waals surface area (Å²) in [5.74, 6) is 0.809. The van der Waals surface area contributed by atoms with Crippen molar-refractivity contribution in [2.75, 3.05) is 17.2 Å². The monoisotopic (exact) mass is 279 g/mol. The number of nitrogen functional groups attached to an aromatic ring is 1. The molecule has 4 nitrogen and oxygen atoms in total. The molecule has 4 heteroatoms. The van der Waals surface area contributed by atoms with Crippen LogP contribution in [0.1, 0.15) is 18.1 Å². The van der Waals surface area contributed by atoms with Gasteiger partial charge in [-0.05, 0) is 30.7 Å². The van der Waals surface area contributed by atoms with Gasteiger partial charge in [0.05, 0.1) is 23.9 Å². The van der Waals surface area contributed by atoms with Crippen LogP contribution in [0, 0.1) is 11.3 Å². The van der Waals surface area contributed by atoms with Crippen LogP contribution in [0.3, 0.4) is 0 Å². The van der Waals surface area contributed by atoms with Gasteiger partial charge in [0.2, 0.25) is 0 Å². The SMILES string of the molecule is CC1CN(Cc2ccccc2C#N)c2c(N)cccc2O1. The Balaban J connectivity index is 1.99. The molecule has 0 aliphatic carbocycles. The van der Waals surface area contributed by atoms with Crippen LogP contribution in [-0.2, 0) is 6.54 Å². The summed E-state index contributed by atoms with van der Waals surface area (Å²) in [4.78, 5) is 2.19. The third-order valence-electron chi connectivity index (χ3n) is 3.65. The fourth-order valence-corrected chi connectivity index (χ4v) is 2.74. The number of hydrogen-bond donors (Lipinski definition) is 1. The maximum atomic E-state index is 9.23. The van der Waals surface area contributed by atoms with E-state index in [0.717, 1.165) is 23.5 Å². The molecule has 1 atom stereocenters. The predicted octanol–water partition coefficient (Wildman–Crippen LogP) is 2.93. The van der Waals surface area contributed by atoms with Crippen molar-refractivity contribution in [3.05, 3.63) is 53.6 Å². The first kappa shape index (κ1) is 13.3. The number of rotatable bonds is 2. The Kier molecular flexibility index (Phi) is 3.41. The Morgan fingerprint density at radius 3 is 2.90 bits per heavy atom. The Labute approximate surface area is 124 Å². The van der Waals surface area contributed by atoms with Crippen LogP contribution >= 0.6 is 0 Å². The van der Waals surface area contributed by atoms with Crippen LogP contribution in [0.5, 0.6) is 5.75 Å². The molecule has 106 valence electrons. The quantitative estimate of drug-likeness (QED) is 0.859. The zero-order valence-corrected chi connectivity index (χ0v) is 11.9. The van der Waals surface area contributed by atoms with Crippen molar-refractivity contribution < 1.29 is 4.74 Å². The second-order valence-corrected chi connectivity index (χ2v) is 5.27. The Morgan fingerprint density at radius 1 is 1.29 bits per heavy atom. The Hall–Kier alpha value is -2.67. The summed E-state index contributed by atoms with van der Waals surface area (Å²) < 4.78 is 5.85. The third kappa shape index (κ3) is 2.50. The van der Waals surface area contributed by atoms with Gasteiger partial charge in [-0.2, -0.15) is 5.26 Å². The molecule has 2 aromatic rings. The van der Waals surface area contributed by atoms with Crippen molar-refractivity contribution in [2.45, 2.75) is 19.6 Å². The van der Waals surface area contributed by atoms with Gasteiger partial charge < -0.3 is 15.4 Å². The van der Waals surface area contributed by atoms with E-state index < -0.39 is 0 Å². The number of para-hydroxylation sites is 1. The number of hydrogen-bond acceptors (Lipinski definition) is 4. The first-order valence-electron chi connectivity index (χ1n) is 6.97. The lowest BCUT2D eigenvalue weighted by atomic mass is 10.1. The van der Waals surface area contributed by atoms with E-state index in [0.29, 0.717) is 17.8 Å². The van der Waals surface area contributed by atoms with Crippen molar-refractivity contribution in [1.29, 1.82) is 5.26 Å². The highest BCUT2D eigenvalue weighted by atomic mass is 16.5. The number of fused-ring (bicyclic) bond motifs is 1. The number of nitriles is 1. The van der Waals surface area contributed by atoms with E-state index in [2.05, 4.69) is 11.0 Å². The van der Waals surface area contributed by atoms with Crippen molar-refractivity contribution in [3.63, 3.8) is 0 Å². The third-order valence-corrected chi connectivity index (χ3v) is 3.65. The van der Waals surface area contributed by atoms with E-state index in [1.807, 2.05) is 49.4 Å². The standard InChI is InChI=1S/C17H17N3O/c1-12-10-20(11-14-6-3-2-5-13(14)9-18)17-15(19)7-4-8-16(17)21-12/h2-8,12H,10-11,19H2,1H3. The van der Waals surface area contributed by atoms with Crippen molar-refractivity contribution in [2.24, 2.45) is 0 Å². The molecule has 1 unspecified atom stereocenters. The fraction of sp³-hybridized carbons (Fsp3) is 0.235. The van der Waals surface area contributed by atoms with Crippen LogP contribution < -0.4 is 15.4 Å². The molecule has 2 aromatic carbocycles. The normalized spacial score (nSPS) is 16.8. The van der Waals surface area contributed by atoms with Gasteiger partial charge in [0.1, 0.15) is 17.5 Å². The lowest BCUT2D eigenvalue weighted by molar-refractivity contribution is 0.212. The van der Waals surface area contributed by atoms with Gasteiger partial charge in [0.15, 0.2) is 0 Å². The highest BCUT2D eigenvalue weighted by molar-refractivity contribution is 5.76. The minimum Gasteiger partial charge on any atom is -0.487 e. The van der Waals surface area contributed by atoms with Gasteiger partial charge in [-0.1, -0.05) is 24.3 Å². The summed E-state index contributed by atoms with van der Waals surface area (Å²) in [5, 5.41) is 9.23. The van der Waals surface area contributed by atoms with Crippen LogP contribution in [0.4, 0.5) is 11.4 Å². The van der Waals surface area contributed by atoms with E-state index >= 15 is 0 Å². The molecule has 0 aromatic heterocycles. The van der Waals surface area contributed by atoms with Gasteiger partial charge in [-0.15, -0.1) is 0 Å². The number of benzene rings is 2. The molecule has 2 N–H and O–H groups in total. The predicted molar refractivity (Wildman–Crippen MR) is 83.2 cm³/mol. The topological polar surface area (TPSA) is 62.3 Å². The molecule has 0 saturated carbocycles. The molecule has 1 aliphatic rings. The average molecular weight is 279 g/mol. The maximum absolute atomic E-state index is 9.23. The van der Waals surface area contributed by atoms with Gasteiger partial charge in [0, 0.05) is 6.54 Å². The average Bonchev–Trinajstić information content (AvgIpc) is 2.47. The van der Waals surface area contributed by atoms with Gasteiger partial charge in [0.25, 0.3) is 0 Å². The summed E-state index contributed by atoms with van der Waals surface area (Å²) in [6.07, 6.45) is 0.0912. The minimum atomic E-state index is 0.0912. The lowest BCUT2D eigenvalue weighted by Crippen LogP contribution is -2.38. The Bertz CT molecular complexity index is 705. The van der Waals surface area contributed by atoms with E-state index in [-0.39, 0.29) is 6.10 Å². The van der Waals surface area contributed by atoms with E-state index in [1.165, 1.54) is 0 Å². The zero-order valence-electron chi connectivity index (χ0n) is 11.9. The van der Waals surface area contributed by atoms with E-state index in [1.54, 1.807) is 0 Å². The first-order chi connectivity index (χ1) is 10.2. The van der Waals surface area contributed by atoms with Crippen LogP contribution in [-0.4, -0.2) is 12.6 Å². The minimum absolute atomic E-state index is 0.0912. The number of ether oxygens (including phenoxy) is 1. The van der Waals surface area contributed by atoms with E-state index in [9.17, 15) is 5.26 Å². The number of nitrogens with two attached hydrogens (primary N) is 1. The Morgan fingerprint density at radius 2 is 2.10 bits per heavy atom. The fourth-order valence-electron chi connectivity index (χ4n) is 2.74. The highest BCUT2D eigenvalue weighted by Crippen LogP contribution is 2.39. The molecule has 0 saturated heterocycles. The van der Waals surface area contributed by atoms with Gasteiger partial charge in [-0.25, -0.2) is 0 Å². The molecule has 0 amide bonds. The largest absolute Gasteiger partial charge is 0.487 e. The molecular formula is C17H17N3O. The van der Waals surface area contributed by atoms with Crippen LogP contribution in [0.25, 0.3) is 0 Å². The highest BCUT2D eigenvalue weighted by Gasteiger charge is 2.25. The summed E-state index contributed by atoms with van der Waals surface area (Å²) in [5.41, 5.74) is 9.44. The van der Waals surface area contributed by atoms with Crippen molar-refractivity contribution in [1.82, 2.24) is 0 Å². The summed E-state index contributed by atoms with van der Waals surface area (Å²) in [7, 11) is 0. The van der Waals surface area contributed by atoms with Crippen LogP contribution in [0.15, 0.2) is 42.5 Å². The molecule has 0 fully saturated rings. The molecule has 0 spiro atoms. The number of anilines is 2. The molecular weight excluding hydrogens is 262 g/mol. The number of nitrogens with zero attached hydrogens (tertiary/aromatic N) is 2. The molecule has 1 heterocycles. The van der Waals surface area contributed by atoms with Crippen molar-refractivity contribution >= 4 is 11.4 Å². The van der Waals surface area contributed by atoms with Gasteiger partial charge in [-0.3, -0.25) is 0 Å². The molecule has 0 radical (unpaired) electrons. The zero-order chi connectivity index (χ0) is 14.8. The molecule has 3 rings (SSSR count). The first-order valence-corrected chi connectivity index (χ1v) is 6.97. The smallest absolute Gasteiger partial charge is 0.145 e. The molecule has 21 heavy (non-hydrogen) atoms. The summed E-state index contributed by atoms with van der Waals surface area (Å²) >= 11 is 0.